The van der Waals surface area contributed by atoms with E-state index in [1.54, 1.807) is 25.6 Å². The average Bonchev–Trinajstić information content (AvgIpc) is 2.80. The van der Waals surface area contributed by atoms with Gasteiger partial charge in [0.1, 0.15) is 13.0 Å². The summed E-state index contributed by atoms with van der Waals surface area (Å²) < 4.78 is 13.7. The zero-order valence-corrected chi connectivity index (χ0v) is 24.0. The van der Waals surface area contributed by atoms with Gasteiger partial charge in [-0.1, -0.05) is 29.3 Å². The lowest BCUT2D eigenvalue weighted by atomic mass is 10.1. The molecule has 2 aromatic carbocycles. The van der Waals surface area contributed by atoms with Gasteiger partial charge in [-0.2, -0.15) is 4.98 Å². The summed E-state index contributed by atoms with van der Waals surface area (Å²) in [5.74, 6) is 0.894. The Morgan fingerprint density at radius 2 is 1.77 bits per heavy atom. The number of piperazine rings is 1. The maximum absolute atomic E-state index is 13.1. The monoisotopic (exact) mass is 596 g/mol. The quantitative estimate of drug-likeness (QED) is 0.287. The van der Waals surface area contributed by atoms with Gasteiger partial charge in [-0.15, -0.1) is 0 Å². The number of rotatable bonds is 6. The van der Waals surface area contributed by atoms with Crippen LogP contribution < -0.4 is 26.2 Å². The largest absolute Gasteiger partial charge is 0.368 e. The Hall–Kier alpha value is -1.83. The highest BCUT2D eigenvalue weighted by Gasteiger charge is 2.21. The van der Waals surface area contributed by atoms with Crippen LogP contribution in [0.15, 0.2) is 34.9 Å². The standard InChI is InChI=1S/C24H28BrCl2N6OP/c1-14-5-6-19(22(15(14)2)35(3,4)34)30-23-16(25)13-29-24(32-23)31-20-11-18(27)21(12-17(20)26)33-9-7-28-8-10-33/h5-6,11-13,28H,7-10H2,1-4H3,(H2,29,30,31,32). The van der Waals surface area contributed by atoms with Crippen molar-refractivity contribution in [2.24, 2.45) is 0 Å². The van der Waals surface area contributed by atoms with Crippen LogP contribution in [0.4, 0.5) is 28.8 Å². The summed E-state index contributed by atoms with van der Waals surface area (Å²) in [6.45, 7) is 11.1. The fourth-order valence-corrected chi connectivity index (χ4v) is 6.61. The minimum atomic E-state index is -2.54. The summed E-state index contributed by atoms with van der Waals surface area (Å²) >= 11 is 16.7. The summed E-state index contributed by atoms with van der Waals surface area (Å²) in [7, 11) is -2.54. The van der Waals surface area contributed by atoms with Crippen molar-refractivity contribution in [2.45, 2.75) is 13.8 Å². The highest BCUT2D eigenvalue weighted by atomic mass is 79.9. The second-order valence-electron chi connectivity index (χ2n) is 8.92. The maximum atomic E-state index is 13.1. The smallest absolute Gasteiger partial charge is 0.229 e. The molecule has 186 valence electrons. The van der Waals surface area contributed by atoms with Crippen molar-refractivity contribution >= 4 is 80.4 Å². The molecule has 35 heavy (non-hydrogen) atoms. The second kappa shape index (κ2) is 10.7. The zero-order valence-electron chi connectivity index (χ0n) is 20.0. The molecule has 1 fully saturated rings. The van der Waals surface area contributed by atoms with Gasteiger partial charge in [-0.25, -0.2) is 4.98 Å². The second-order valence-corrected chi connectivity index (χ2v) is 13.7. The zero-order chi connectivity index (χ0) is 25.3. The molecule has 4 rings (SSSR count). The molecule has 2 heterocycles. The van der Waals surface area contributed by atoms with Crippen LogP contribution in [0, 0.1) is 13.8 Å². The van der Waals surface area contributed by atoms with Crippen LogP contribution >= 0.6 is 46.3 Å². The van der Waals surface area contributed by atoms with E-state index in [4.69, 9.17) is 23.2 Å². The van der Waals surface area contributed by atoms with Gasteiger partial charge in [0.25, 0.3) is 0 Å². The van der Waals surface area contributed by atoms with Crippen LogP contribution in [0.5, 0.6) is 0 Å². The molecule has 1 aromatic heterocycles. The number of hydrogen-bond donors (Lipinski definition) is 3. The number of aromatic nitrogens is 2. The van der Waals surface area contributed by atoms with Gasteiger partial charge >= 0.3 is 0 Å². The molecule has 1 saturated heterocycles. The predicted octanol–water partition coefficient (Wildman–Crippen LogP) is 6.31. The Labute approximate surface area is 224 Å². The molecule has 0 amide bonds. The normalized spacial score (nSPS) is 14.2. The van der Waals surface area contributed by atoms with Crippen molar-refractivity contribution in [2.75, 3.05) is 55.0 Å². The van der Waals surface area contributed by atoms with Crippen molar-refractivity contribution in [3.63, 3.8) is 0 Å². The minimum Gasteiger partial charge on any atom is -0.368 e. The summed E-state index contributed by atoms with van der Waals surface area (Å²) in [5, 5.41) is 11.8. The number of nitrogens with zero attached hydrogens (tertiary/aromatic N) is 3. The number of aryl methyl sites for hydroxylation is 1. The summed E-state index contributed by atoms with van der Waals surface area (Å²) in [6.07, 6.45) is 1.65. The van der Waals surface area contributed by atoms with Crippen molar-refractivity contribution < 1.29 is 4.57 Å². The van der Waals surface area contributed by atoms with E-state index in [-0.39, 0.29) is 0 Å². The number of anilines is 5. The third-order valence-corrected chi connectivity index (χ3v) is 8.83. The lowest BCUT2D eigenvalue weighted by molar-refractivity contribution is 0.588. The van der Waals surface area contributed by atoms with Crippen molar-refractivity contribution in [1.82, 2.24) is 15.3 Å². The first kappa shape index (κ1) is 26.2. The Kier molecular flexibility index (Phi) is 7.99. The molecule has 3 aromatic rings. The fourth-order valence-electron chi connectivity index (χ4n) is 4.14. The van der Waals surface area contributed by atoms with E-state index < -0.39 is 7.14 Å². The van der Waals surface area contributed by atoms with Crippen LogP contribution in [-0.2, 0) is 4.57 Å². The molecular weight excluding hydrogens is 570 g/mol. The third-order valence-electron chi connectivity index (χ3n) is 5.98. The minimum absolute atomic E-state index is 0.352. The van der Waals surface area contributed by atoms with Gasteiger partial charge < -0.3 is 25.4 Å². The van der Waals surface area contributed by atoms with Gasteiger partial charge in [0.2, 0.25) is 5.95 Å². The summed E-state index contributed by atoms with van der Waals surface area (Å²) in [4.78, 5) is 11.2. The van der Waals surface area contributed by atoms with E-state index in [1.165, 1.54) is 0 Å². The number of benzene rings is 2. The van der Waals surface area contributed by atoms with Gasteiger partial charge in [-0.05, 0) is 72.4 Å². The average molecular weight is 598 g/mol. The Bertz CT molecular complexity index is 1310. The van der Waals surface area contributed by atoms with E-state index in [1.807, 2.05) is 32.0 Å². The first-order valence-corrected chi connectivity index (χ1v) is 15.4. The number of nitrogens with one attached hydrogen (secondary N) is 3. The van der Waals surface area contributed by atoms with Crippen molar-refractivity contribution in [3.05, 3.63) is 56.1 Å². The first-order valence-electron chi connectivity index (χ1n) is 11.2. The molecule has 3 N–H and O–H groups in total. The molecule has 0 aliphatic carbocycles. The molecule has 1 aliphatic heterocycles. The SMILES string of the molecule is Cc1ccc(Nc2nc(Nc3cc(Cl)c(N4CCNCC4)cc3Cl)ncc2Br)c(P(C)(C)=O)c1C. The topological polar surface area (TPSA) is 82.2 Å². The van der Waals surface area contributed by atoms with Crippen molar-refractivity contribution in [3.8, 4) is 0 Å². The van der Waals surface area contributed by atoms with Gasteiger partial charge in [0.15, 0.2) is 0 Å². The number of halogens is 3. The van der Waals surface area contributed by atoms with Gasteiger partial charge in [0, 0.05) is 37.7 Å². The summed E-state index contributed by atoms with van der Waals surface area (Å²) in [5.41, 5.74) is 4.39. The molecule has 1 aliphatic rings. The Balaban J connectivity index is 1.62. The van der Waals surface area contributed by atoms with E-state index in [0.29, 0.717) is 32.0 Å². The molecule has 7 nitrogen and oxygen atoms in total. The first-order chi connectivity index (χ1) is 16.5. The Morgan fingerprint density at radius 3 is 2.46 bits per heavy atom. The summed E-state index contributed by atoms with van der Waals surface area (Å²) in [6, 6.07) is 7.61. The highest BCUT2D eigenvalue weighted by molar-refractivity contribution is 9.10. The Morgan fingerprint density at radius 1 is 1.06 bits per heavy atom. The molecule has 0 atom stereocenters. The van der Waals surface area contributed by atoms with Crippen LogP contribution in [0.3, 0.4) is 0 Å². The molecule has 0 radical (unpaired) electrons. The fraction of sp³-hybridized carbons (Fsp3) is 0.333. The maximum Gasteiger partial charge on any atom is 0.229 e. The molecular formula is C24H28BrCl2N6OP. The van der Waals surface area contributed by atoms with E-state index in [2.05, 4.69) is 46.7 Å². The lowest BCUT2D eigenvalue weighted by Gasteiger charge is -2.30. The molecule has 11 heteroatoms. The van der Waals surface area contributed by atoms with Gasteiger partial charge in [-0.3, -0.25) is 0 Å². The molecule has 0 bridgehead atoms. The highest BCUT2D eigenvalue weighted by Crippen LogP contribution is 2.41. The van der Waals surface area contributed by atoms with E-state index in [9.17, 15) is 4.57 Å². The molecule has 0 saturated carbocycles. The predicted molar refractivity (Wildman–Crippen MR) is 153 cm³/mol. The van der Waals surface area contributed by atoms with E-state index >= 15 is 0 Å². The lowest BCUT2D eigenvalue weighted by Crippen LogP contribution is -2.43. The van der Waals surface area contributed by atoms with Crippen LogP contribution in [0.1, 0.15) is 11.1 Å². The van der Waals surface area contributed by atoms with E-state index in [0.717, 1.165) is 54.0 Å². The third kappa shape index (κ3) is 5.95. The molecule has 0 unspecified atom stereocenters. The van der Waals surface area contributed by atoms with Crippen molar-refractivity contribution in [1.29, 1.82) is 0 Å². The van der Waals surface area contributed by atoms with Crippen LogP contribution in [0.2, 0.25) is 10.0 Å². The van der Waals surface area contributed by atoms with Gasteiger partial charge in [0.05, 0.1) is 31.6 Å². The molecule has 0 spiro atoms. The number of hydrogen-bond acceptors (Lipinski definition) is 7. The van der Waals surface area contributed by atoms with Crippen LogP contribution in [0.25, 0.3) is 0 Å². The van der Waals surface area contributed by atoms with Crippen LogP contribution in [-0.4, -0.2) is 49.5 Å².